The van der Waals surface area contributed by atoms with E-state index in [2.05, 4.69) is 5.32 Å². The molecule has 0 aliphatic rings. The number of hydrogen-bond acceptors (Lipinski definition) is 4. The Kier molecular flexibility index (Phi) is 5.78. The molecule has 0 aromatic heterocycles. The van der Waals surface area contributed by atoms with Crippen LogP contribution < -0.4 is 5.32 Å². The maximum atomic E-state index is 12.7. The van der Waals surface area contributed by atoms with Crippen molar-refractivity contribution in [3.05, 3.63) is 70.8 Å². The molecule has 5 nitrogen and oxygen atoms in total. The van der Waals surface area contributed by atoms with Gasteiger partial charge in [-0.2, -0.15) is 5.26 Å². The second-order valence-corrected chi connectivity index (χ2v) is 7.12. The highest BCUT2D eigenvalue weighted by Gasteiger charge is 2.28. The first kappa shape index (κ1) is 19.2. The Morgan fingerprint density at radius 3 is 2.12 bits per heavy atom. The highest BCUT2D eigenvalue weighted by atomic mass is 16.5. The van der Waals surface area contributed by atoms with Gasteiger partial charge < -0.3 is 10.1 Å². The van der Waals surface area contributed by atoms with Crippen LogP contribution in [-0.2, 0) is 9.53 Å². The van der Waals surface area contributed by atoms with Crippen LogP contribution in [-0.4, -0.2) is 17.4 Å². The molecule has 2 aromatic carbocycles. The van der Waals surface area contributed by atoms with E-state index in [0.29, 0.717) is 16.7 Å². The highest BCUT2D eigenvalue weighted by Crippen LogP contribution is 2.22. The van der Waals surface area contributed by atoms with Crippen LogP contribution in [0.25, 0.3) is 0 Å². The van der Waals surface area contributed by atoms with Gasteiger partial charge >= 0.3 is 5.97 Å². The summed E-state index contributed by atoms with van der Waals surface area (Å²) in [6, 6.07) is 15.4. The van der Waals surface area contributed by atoms with E-state index in [1.54, 1.807) is 36.4 Å². The zero-order valence-corrected chi connectivity index (χ0v) is 15.4. The SMILES string of the molecule is Cc1ccc(C(=O)OC(C(=O)NC(C)(C)C)c2ccc(C#N)cc2)cc1. The van der Waals surface area contributed by atoms with E-state index < -0.39 is 23.5 Å². The zero-order chi connectivity index (χ0) is 19.3. The van der Waals surface area contributed by atoms with Gasteiger partial charge in [-0.25, -0.2) is 4.79 Å². The number of nitrogens with one attached hydrogen (secondary N) is 1. The average Bonchev–Trinajstić information content (AvgIpc) is 2.58. The number of esters is 1. The molecule has 0 aliphatic carbocycles. The standard InChI is InChI=1S/C21H22N2O3/c1-14-5-9-17(10-6-14)20(25)26-18(19(24)23-21(2,3)4)16-11-7-15(13-22)8-12-16/h5-12,18H,1-4H3,(H,23,24). The van der Waals surface area contributed by atoms with Gasteiger partial charge in [0.25, 0.3) is 5.91 Å². The van der Waals surface area contributed by atoms with Crippen molar-refractivity contribution in [1.29, 1.82) is 5.26 Å². The van der Waals surface area contributed by atoms with Gasteiger partial charge in [-0.15, -0.1) is 0 Å². The third-order valence-corrected chi connectivity index (χ3v) is 3.59. The van der Waals surface area contributed by atoms with Crippen LogP contribution in [0.1, 0.15) is 53.9 Å². The lowest BCUT2D eigenvalue weighted by Gasteiger charge is -2.25. The summed E-state index contributed by atoms with van der Waals surface area (Å²) in [5.74, 6) is -0.994. The van der Waals surface area contributed by atoms with Gasteiger partial charge in [0.1, 0.15) is 0 Å². The number of nitrogens with zero attached hydrogens (tertiary/aromatic N) is 1. The van der Waals surface area contributed by atoms with Crippen molar-refractivity contribution in [2.24, 2.45) is 0 Å². The first-order valence-electron chi connectivity index (χ1n) is 8.29. The monoisotopic (exact) mass is 350 g/mol. The van der Waals surface area contributed by atoms with E-state index in [1.807, 2.05) is 45.9 Å². The number of ether oxygens (including phenoxy) is 1. The summed E-state index contributed by atoms with van der Waals surface area (Å²) in [6.45, 7) is 7.47. The lowest BCUT2D eigenvalue weighted by molar-refractivity contribution is -0.131. The molecule has 0 heterocycles. The summed E-state index contributed by atoms with van der Waals surface area (Å²) in [5, 5.41) is 11.8. The van der Waals surface area contributed by atoms with E-state index in [9.17, 15) is 9.59 Å². The molecule has 0 radical (unpaired) electrons. The van der Waals surface area contributed by atoms with Crippen LogP contribution in [0.2, 0.25) is 0 Å². The molecule has 5 heteroatoms. The molecule has 0 saturated heterocycles. The second-order valence-electron chi connectivity index (χ2n) is 7.12. The van der Waals surface area contributed by atoms with Gasteiger partial charge in [0.15, 0.2) is 0 Å². The Bertz CT molecular complexity index is 826. The van der Waals surface area contributed by atoms with Crippen LogP contribution in [0.4, 0.5) is 0 Å². The number of benzene rings is 2. The van der Waals surface area contributed by atoms with E-state index in [-0.39, 0.29) is 0 Å². The molecule has 0 bridgehead atoms. The maximum absolute atomic E-state index is 12.7. The minimum Gasteiger partial charge on any atom is -0.444 e. The zero-order valence-electron chi connectivity index (χ0n) is 15.4. The molecule has 0 aliphatic heterocycles. The fraction of sp³-hybridized carbons (Fsp3) is 0.286. The fourth-order valence-electron chi connectivity index (χ4n) is 2.31. The van der Waals surface area contributed by atoms with E-state index >= 15 is 0 Å². The van der Waals surface area contributed by atoms with Crippen LogP contribution in [0.5, 0.6) is 0 Å². The third-order valence-electron chi connectivity index (χ3n) is 3.59. The van der Waals surface area contributed by atoms with E-state index in [1.165, 1.54) is 0 Å². The van der Waals surface area contributed by atoms with Crippen molar-refractivity contribution < 1.29 is 14.3 Å². The summed E-state index contributed by atoms with van der Waals surface area (Å²) in [7, 11) is 0. The first-order valence-corrected chi connectivity index (χ1v) is 8.29. The predicted molar refractivity (Wildman–Crippen MR) is 98.4 cm³/mol. The summed E-state index contributed by atoms with van der Waals surface area (Å²) in [5.41, 5.74) is 1.89. The lowest BCUT2D eigenvalue weighted by Crippen LogP contribution is -2.44. The largest absolute Gasteiger partial charge is 0.444 e. The molecule has 134 valence electrons. The number of carbonyl (C=O) groups excluding carboxylic acids is 2. The Labute approximate surface area is 153 Å². The minimum atomic E-state index is -1.10. The molecule has 0 spiro atoms. The maximum Gasteiger partial charge on any atom is 0.339 e. The van der Waals surface area contributed by atoms with Gasteiger partial charge in [-0.3, -0.25) is 4.79 Å². The van der Waals surface area contributed by atoms with Crippen molar-refractivity contribution >= 4 is 11.9 Å². The van der Waals surface area contributed by atoms with Gasteiger partial charge in [0.2, 0.25) is 6.10 Å². The Hall–Kier alpha value is -3.13. The molecule has 1 amide bonds. The molecule has 0 saturated carbocycles. The van der Waals surface area contributed by atoms with Crippen molar-refractivity contribution in [3.63, 3.8) is 0 Å². The van der Waals surface area contributed by atoms with E-state index in [4.69, 9.17) is 10.00 Å². The number of carbonyl (C=O) groups is 2. The molecule has 1 N–H and O–H groups in total. The van der Waals surface area contributed by atoms with Gasteiger partial charge in [0.05, 0.1) is 17.2 Å². The molecule has 0 fully saturated rings. The molecule has 2 aromatic rings. The van der Waals surface area contributed by atoms with Gasteiger partial charge in [-0.1, -0.05) is 29.8 Å². The second kappa shape index (κ2) is 7.83. The van der Waals surface area contributed by atoms with Crippen molar-refractivity contribution in [3.8, 4) is 6.07 Å². The summed E-state index contributed by atoms with van der Waals surface area (Å²) < 4.78 is 5.51. The summed E-state index contributed by atoms with van der Waals surface area (Å²) in [4.78, 5) is 25.2. The Morgan fingerprint density at radius 2 is 1.62 bits per heavy atom. The summed E-state index contributed by atoms with van der Waals surface area (Å²) in [6.07, 6.45) is -1.10. The molecule has 26 heavy (non-hydrogen) atoms. The number of rotatable bonds is 4. The van der Waals surface area contributed by atoms with Gasteiger partial charge in [-0.05, 0) is 52.0 Å². The smallest absolute Gasteiger partial charge is 0.339 e. The van der Waals surface area contributed by atoms with Crippen LogP contribution in [0.15, 0.2) is 48.5 Å². The third kappa shape index (κ3) is 5.18. The van der Waals surface area contributed by atoms with Crippen LogP contribution in [0.3, 0.4) is 0 Å². The molecular weight excluding hydrogens is 328 g/mol. The fourth-order valence-corrected chi connectivity index (χ4v) is 2.31. The lowest BCUT2D eigenvalue weighted by atomic mass is 10.0. The predicted octanol–water partition coefficient (Wildman–Crippen LogP) is 3.68. The normalized spacial score (nSPS) is 12.0. The van der Waals surface area contributed by atoms with Crippen LogP contribution in [0, 0.1) is 18.3 Å². The Balaban J connectivity index is 2.30. The van der Waals surface area contributed by atoms with Crippen LogP contribution >= 0.6 is 0 Å². The summed E-state index contributed by atoms with van der Waals surface area (Å²) >= 11 is 0. The number of hydrogen-bond donors (Lipinski definition) is 1. The van der Waals surface area contributed by atoms with Crippen molar-refractivity contribution in [2.45, 2.75) is 39.3 Å². The topological polar surface area (TPSA) is 79.2 Å². The quantitative estimate of drug-likeness (QED) is 0.853. The number of nitriles is 1. The Morgan fingerprint density at radius 1 is 1.04 bits per heavy atom. The minimum absolute atomic E-state index is 0.373. The molecular formula is C21H22N2O3. The highest BCUT2D eigenvalue weighted by molar-refractivity contribution is 5.92. The average molecular weight is 350 g/mol. The van der Waals surface area contributed by atoms with Crippen molar-refractivity contribution in [2.75, 3.05) is 0 Å². The van der Waals surface area contributed by atoms with E-state index in [0.717, 1.165) is 5.56 Å². The number of amides is 1. The molecule has 2 rings (SSSR count). The van der Waals surface area contributed by atoms with Crippen molar-refractivity contribution in [1.82, 2.24) is 5.32 Å². The first-order chi connectivity index (χ1) is 12.2. The number of aryl methyl sites for hydroxylation is 1. The van der Waals surface area contributed by atoms with Gasteiger partial charge in [0, 0.05) is 11.1 Å². The molecule has 1 atom stereocenters. The molecule has 1 unspecified atom stereocenters.